The monoisotopic (exact) mass is 327 g/mol. The molecule has 0 saturated carbocycles. The molecule has 1 aliphatic heterocycles. The molecule has 22 heavy (non-hydrogen) atoms. The zero-order chi connectivity index (χ0) is 16.5. The molecular formula is C16H25NO4S. The number of benzene rings is 1. The van der Waals surface area contributed by atoms with Gasteiger partial charge in [-0.3, -0.25) is 9.08 Å². The van der Waals surface area contributed by atoms with E-state index in [1.54, 1.807) is 24.3 Å². The molecule has 0 aliphatic carbocycles. The molecule has 2 rings (SSSR count). The zero-order valence-corrected chi connectivity index (χ0v) is 14.7. The fourth-order valence-corrected chi connectivity index (χ4v) is 3.55. The summed E-state index contributed by atoms with van der Waals surface area (Å²) in [5, 5.41) is 0. The van der Waals surface area contributed by atoms with E-state index in [0.717, 1.165) is 5.56 Å². The summed E-state index contributed by atoms with van der Waals surface area (Å²) in [5.41, 5.74) is 0.983. The Kier molecular flexibility index (Phi) is 4.96. The molecule has 1 aromatic rings. The number of nitrogens with zero attached hydrogens (tertiary/aromatic N) is 1. The number of hydrogen-bond donors (Lipinski definition) is 0. The van der Waals surface area contributed by atoms with Crippen molar-refractivity contribution in [1.82, 2.24) is 4.90 Å². The SMILES string of the molecule is Cc1ccc(S(=O)(=O)OCC2CN(C(C)(C)C)C(C)O2)cc1. The second-order valence-corrected chi connectivity index (χ2v) is 8.35. The molecule has 1 fully saturated rings. The van der Waals surface area contributed by atoms with Crippen LogP contribution in [0.25, 0.3) is 0 Å². The van der Waals surface area contributed by atoms with Crippen LogP contribution in [0.1, 0.15) is 33.3 Å². The van der Waals surface area contributed by atoms with Crippen molar-refractivity contribution in [3.05, 3.63) is 29.8 Å². The van der Waals surface area contributed by atoms with Crippen molar-refractivity contribution >= 4 is 10.1 Å². The highest BCUT2D eigenvalue weighted by Gasteiger charge is 2.37. The lowest BCUT2D eigenvalue weighted by atomic mass is 10.1. The van der Waals surface area contributed by atoms with E-state index in [1.807, 2.05) is 13.8 Å². The first-order valence-corrected chi connectivity index (χ1v) is 8.89. The first-order valence-electron chi connectivity index (χ1n) is 7.48. The average molecular weight is 327 g/mol. The Morgan fingerprint density at radius 1 is 1.27 bits per heavy atom. The Balaban J connectivity index is 1.97. The third-order valence-corrected chi connectivity index (χ3v) is 5.10. The van der Waals surface area contributed by atoms with Crippen LogP contribution in [0.4, 0.5) is 0 Å². The van der Waals surface area contributed by atoms with Crippen LogP contribution < -0.4 is 0 Å². The van der Waals surface area contributed by atoms with Gasteiger partial charge >= 0.3 is 0 Å². The molecule has 0 radical (unpaired) electrons. The normalized spacial score (nSPS) is 23.9. The van der Waals surface area contributed by atoms with E-state index < -0.39 is 10.1 Å². The van der Waals surface area contributed by atoms with Gasteiger partial charge < -0.3 is 4.74 Å². The Morgan fingerprint density at radius 2 is 1.86 bits per heavy atom. The third-order valence-electron chi connectivity index (χ3n) is 3.81. The molecular weight excluding hydrogens is 302 g/mol. The lowest BCUT2D eigenvalue weighted by Gasteiger charge is -2.33. The number of rotatable bonds is 4. The molecule has 0 amide bonds. The summed E-state index contributed by atoms with van der Waals surface area (Å²) in [6.45, 7) is 10.9. The summed E-state index contributed by atoms with van der Waals surface area (Å²) in [4.78, 5) is 2.37. The van der Waals surface area contributed by atoms with Gasteiger partial charge in [-0.25, -0.2) is 0 Å². The van der Waals surface area contributed by atoms with Gasteiger partial charge in [0, 0.05) is 12.1 Å². The summed E-state index contributed by atoms with van der Waals surface area (Å²) < 4.78 is 35.3. The summed E-state index contributed by atoms with van der Waals surface area (Å²) in [7, 11) is -3.73. The summed E-state index contributed by atoms with van der Waals surface area (Å²) in [6.07, 6.45) is -0.287. The smallest absolute Gasteiger partial charge is 0.297 e. The van der Waals surface area contributed by atoms with E-state index in [9.17, 15) is 8.42 Å². The molecule has 1 heterocycles. The minimum Gasteiger partial charge on any atom is -0.356 e. The minimum atomic E-state index is -3.73. The molecule has 6 heteroatoms. The topological polar surface area (TPSA) is 55.8 Å². The zero-order valence-electron chi connectivity index (χ0n) is 13.9. The van der Waals surface area contributed by atoms with Crippen molar-refractivity contribution in [2.24, 2.45) is 0 Å². The van der Waals surface area contributed by atoms with Crippen LogP contribution in [0.15, 0.2) is 29.2 Å². The van der Waals surface area contributed by atoms with Crippen LogP contribution >= 0.6 is 0 Å². The van der Waals surface area contributed by atoms with Crippen molar-refractivity contribution in [1.29, 1.82) is 0 Å². The first-order chi connectivity index (χ1) is 10.1. The van der Waals surface area contributed by atoms with Gasteiger partial charge in [-0.05, 0) is 46.8 Å². The van der Waals surface area contributed by atoms with E-state index in [4.69, 9.17) is 8.92 Å². The van der Waals surface area contributed by atoms with Gasteiger partial charge in [0.1, 0.15) is 6.23 Å². The van der Waals surface area contributed by atoms with Crippen molar-refractivity contribution in [3.8, 4) is 0 Å². The maximum absolute atomic E-state index is 12.2. The third kappa shape index (κ3) is 4.07. The van der Waals surface area contributed by atoms with E-state index in [2.05, 4.69) is 25.7 Å². The van der Waals surface area contributed by atoms with Gasteiger partial charge in [-0.2, -0.15) is 8.42 Å². The van der Waals surface area contributed by atoms with Crippen LogP contribution in [0.5, 0.6) is 0 Å². The predicted octanol–water partition coefficient (Wildman–Crippen LogP) is 2.55. The van der Waals surface area contributed by atoms with Crippen molar-refractivity contribution < 1.29 is 17.3 Å². The lowest BCUT2D eigenvalue weighted by Crippen LogP contribution is -2.44. The number of hydrogen-bond acceptors (Lipinski definition) is 5. The van der Waals surface area contributed by atoms with Gasteiger partial charge in [0.2, 0.25) is 0 Å². The lowest BCUT2D eigenvalue weighted by molar-refractivity contribution is -0.0247. The highest BCUT2D eigenvalue weighted by molar-refractivity contribution is 7.86. The molecule has 124 valence electrons. The highest BCUT2D eigenvalue weighted by Crippen LogP contribution is 2.26. The van der Waals surface area contributed by atoms with Gasteiger partial charge in [0.25, 0.3) is 10.1 Å². The van der Waals surface area contributed by atoms with Gasteiger partial charge in [-0.15, -0.1) is 0 Å². The van der Waals surface area contributed by atoms with Crippen LogP contribution in [0.2, 0.25) is 0 Å². The molecule has 2 unspecified atom stereocenters. The fourth-order valence-electron chi connectivity index (χ4n) is 2.61. The van der Waals surface area contributed by atoms with Crippen molar-refractivity contribution in [2.75, 3.05) is 13.2 Å². The maximum Gasteiger partial charge on any atom is 0.297 e. The maximum atomic E-state index is 12.2. The molecule has 2 atom stereocenters. The summed E-state index contributed by atoms with van der Waals surface area (Å²) in [6, 6.07) is 6.63. The Bertz CT molecular complexity index is 604. The number of ether oxygens (including phenoxy) is 1. The van der Waals surface area contributed by atoms with Crippen molar-refractivity contribution in [2.45, 2.75) is 57.4 Å². The molecule has 0 N–H and O–H groups in total. The van der Waals surface area contributed by atoms with Gasteiger partial charge in [0.05, 0.1) is 17.6 Å². The molecule has 1 aliphatic rings. The summed E-state index contributed by atoms with van der Waals surface area (Å²) >= 11 is 0. The van der Waals surface area contributed by atoms with Crippen LogP contribution in [-0.2, 0) is 19.0 Å². The second-order valence-electron chi connectivity index (χ2n) is 6.73. The fraction of sp³-hybridized carbons (Fsp3) is 0.625. The van der Waals surface area contributed by atoms with E-state index >= 15 is 0 Å². The average Bonchev–Trinajstić information content (AvgIpc) is 2.78. The van der Waals surface area contributed by atoms with Crippen LogP contribution in [-0.4, -0.2) is 44.3 Å². The predicted molar refractivity (Wildman–Crippen MR) is 85.1 cm³/mol. The van der Waals surface area contributed by atoms with Gasteiger partial charge in [-0.1, -0.05) is 17.7 Å². The number of aryl methyl sites for hydroxylation is 1. The minimum absolute atomic E-state index is 0.0238. The Labute approximate surface area is 133 Å². The largest absolute Gasteiger partial charge is 0.356 e. The van der Waals surface area contributed by atoms with E-state index in [1.165, 1.54) is 0 Å². The van der Waals surface area contributed by atoms with Crippen LogP contribution in [0, 0.1) is 6.92 Å². The first kappa shape index (κ1) is 17.4. The molecule has 0 spiro atoms. The summed E-state index contributed by atoms with van der Waals surface area (Å²) in [5.74, 6) is 0. The molecule has 5 nitrogen and oxygen atoms in total. The Hall–Kier alpha value is -0.950. The standard InChI is InChI=1S/C16H25NO4S/c1-12-6-8-15(9-7-12)22(18,19)20-11-14-10-17(13(2)21-14)16(3,4)5/h6-9,13-14H,10-11H2,1-5H3. The Morgan fingerprint density at radius 3 is 2.36 bits per heavy atom. The molecule has 1 aromatic carbocycles. The molecule has 0 bridgehead atoms. The van der Waals surface area contributed by atoms with E-state index in [-0.39, 0.29) is 29.4 Å². The molecule has 1 saturated heterocycles. The van der Waals surface area contributed by atoms with Crippen molar-refractivity contribution in [3.63, 3.8) is 0 Å². The molecule has 0 aromatic heterocycles. The van der Waals surface area contributed by atoms with Gasteiger partial charge in [0.15, 0.2) is 0 Å². The highest BCUT2D eigenvalue weighted by atomic mass is 32.2. The van der Waals surface area contributed by atoms with Crippen LogP contribution in [0.3, 0.4) is 0 Å². The second kappa shape index (κ2) is 6.28. The quantitative estimate of drug-likeness (QED) is 0.796. The van der Waals surface area contributed by atoms with E-state index in [0.29, 0.717) is 6.54 Å².